The Morgan fingerprint density at radius 1 is 1.11 bits per heavy atom. The molecule has 0 unspecified atom stereocenters. The molecule has 2 aromatic rings. The van der Waals surface area contributed by atoms with Gasteiger partial charge in [0.15, 0.2) is 0 Å². The van der Waals surface area contributed by atoms with Crippen molar-refractivity contribution in [1.29, 1.82) is 0 Å². The molecule has 0 atom stereocenters. The lowest BCUT2D eigenvalue weighted by atomic mass is 10.0. The van der Waals surface area contributed by atoms with E-state index >= 15 is 0 Å². The van der Waals surface area contributed by atoms with Crippen LogP contribution in [-0.4, -0.2) is 4.98 Å². The van der Waals surface area contributed by atoms with E-state index in [0.29, 0.717) is 10.7 Å². The predicted molar refractivity (Wildman–Crippen MR) is 83.0 cm³/mol. The first-order valence-corrected chi connectivity index (χ1v) is 7.29. The van der Waals surface area contributed by atoms with Gasteiger partial charge in [-0.1, -0.05) is 11.6 Å². The summed E-state index contributed by atoms with van der Waals surface area (Å²) in [4.78, 5) is 4.55. The molecule has 2 nitrogen and oxygen atoms in total. The van der Waals surface area contributed by atoms with Gasteiger partial charge in [0.05, 0.1) is 10.7 Å². The SMILES string of the molecule is Nc1cc2c(cc1Cl)CCc1cc(I)cnc1C2. The van der Waals surface area contributed by atoms with Gasteiger partial charge in [0.1, 0.15) is 0 Å². The second-order valence-electron chi connectivity index (χ2n) is 4.58. The van der Waals surface area contributed by atoms with Crippen molar-refractivity contribution in [3.05, 3.63) is 55.4 Å². The zero-order valence-electron chi connectivity index (χ0n) is 9.71. The molecule has 0 fully saturated rings. The molecule has 0 bridgehead atoms. The molecule has 2 N–H and O–H groups in total. The van der Waals surface area contributed by atoms with E-state index in [1.165, 1.54) is 20.3 Å². The van der Waals surface area contributed by atoms with E-state index in [2.05, 4.69) is 33.6 Å². The van der Waals surface area contributed by atoms with Crippen LogP contribution in [0.2, 0.25) is 5.02 Å². The van der Waals surface area contributed by atoms with Crippen LogP contribution in [-0.2, 0) is 19.3 Å². The van der Waals surface area contributed by atoms with Crippen molar-refractivity contribution in [2.24, 2.45) is 0 Å². The zero-order chi connectivity index (χ0) is 12.7. The standard InChI is InChI=1S/C14H12ClIN2/c15-12-4-8-1-2-9-3-11(16)7-18-14(9)6-10(8)5-13(12)17/h3-5,7H,1-2,6,17H2. The average Bonchev–Trinajstić information content (AvgIpc) is 2.50. The van der Waals surface area contributed by atoms with Crippen LogP contribution in [0.15, 0.2) is 24.4 Å². The highest BCUT2D eigenvalue weighted by atomic mass is 127. The smallest absolute Gasteiger partial charge is 0.0638 e. The van der Waals surface area contributed by atoms with Gasteiger partial charge in [-0.3, -0.25) is 4.98 Å². The number of pyridine rings is 1. The van der Waals surface area contributed by atoms with Gasteiger partial charge in [-0.05, 0) is 70.3 Å². The number of rotatable bonds is 0. The molecule has 1 aromatic heterocycles. The Labute approximate surface area is 125 Å². The van der Waals surface area contributed by atoms with Crippen LogP contribution in [0.25, 0.3) is 0 Å². The van der Waals surface area contributed by atoms with Crippen LogP contribution in [0.4, 0.5) is 5.69 Å². The predicted octanol–water partition coefficient (Wildman–Crippen LogP) is 3.61. The fourth-order valence-corrected chi connectivity index (χ4v) is 3.11. The number of hydrogen-bond donors (Lipinski definition) is 1. The Morgan fingerprint density at radius 3 is 2.72 bits per heavy atom. The summed E-state index contributed by atoms with van der Waals surface area (Å²) in [6.45, 7) is 0. The maximum atomic E-state index is 6.09. The van der Waals surface area contributed by atoms with Gasteiger partial charge in [-0.25, -0.2) is 0 Å². The molecule has 4 heteroatoms. The molecular weight excluding hydrogens is 359 g/mol. The van der Waals surface area contributed by atoms with Gasteiger partial charge in [0, 0.05) is 21.9 Å². The second kappa shape index (κ2) is 4.70. The van der Waals surface area contributed by atoms with E-state index in [1.54, 1.807) is 0 Å². The molecule has 0 saturated carbocycles. The third-order valence-corrected chi connectivity index (χ3v) is 4.28. The number of aromatic nitrogens is 1. The Morgan fingerprint density at radius 2 is 1.89 bits per heavy atom. The molecule has 1 aliphatic carbocycles. The minimum Gasteiger partial charge on any atom is -0.398 e. The van der Waals surface area contributed by atoms with E-state index in [-0.39, 0.29) is 0 Å². The molecule has 0 radical (unpaired) electrons. The number of anilines is 1. The fourth-order valence-electron chi connectivity index (χ4n) is 2.41. The summed E-state index contributed by atoms with van der Waals surface area (Å²) < 4.78 is 1.19. The summed E-state index contributed by atoms with van der Waals surface area (Å²) >= 11 is 8.40. The molecule has 0 aliphatic heterocycles. The van der Waals surface area contributed by atoms with Gasteiger partial charge in [0.2, 0.25) is 0 Å². The van der Waals surface area contributed by atoms with Crippen molar-refractivity contribution < 1.29 is 0 Å². The zero-order valence-corrected chi connectivity index (χ0v) is 12.6. The van der Waals surface area contributed by atoms with Gasteiger partial charge in [-0.15, -0.1) is 0 Å². The van der Waals surface area contributed by atoms with Crippen molar-refractivity contribution in [1.82, 2.24) is 4.98 Å². The normalized spacial score (nSPS) is 13.7. The van der Waals surface area contributed by atoms with Gasteiger partial charge in [0.25, 0.3) is 0 Å². The van der Waals surface area contributed by atoms with E-state index in [4.69, 9.17) is 17.3 Å². The van der Waals surface area contributed by atoms with Crippen LogP contribution in [0, 0.1) is 3.57 Å². The number of nitrogens with zero attached hydrogens (tertiary/aromatic N) is 1. The van der Waals surface area contributed by atoms with Crippen molar-refractivity contribution in [2.45, 2.75) is 19.3 Å². The number of halogens is 2. The lowest BCUT2D eigenvalue weighted by Crippen LogP contribution is -1.98. The Bertz CT molecular complexity index is 625. The first kappa shape index (κ1) is 12.2. The Balaban J connectivity index is 2.09. The number of benzene rings is 1. The summed E-state index contributed by atoms with van der Waals surface area (Å²) in [5, 5.41) is 0.655. The largest absolute Gasteiger partial charge is 0.398 e. The number of hydrogen-bond acceptors (Lipinski definition) is 2. The molecule has 92 valence electrons. The summed E-state index contributed by atoms with van der Waals surface area (Å²) in [6.07, 6.45) is 4.79. The molecule has 3 rings (SSSR count). The van der Waals surface area contributed by atoms with E-state index in [9.17, 15) is 0 Å². The van der Waals surface area contributed by atoms with E-state index in [1.807, 2.05) is 18.3 Å². The number of aryl methyl sites for hydroxylation is 2. The van der Waals surface area contributed by atoms with Crippen LogP contribution in [0.1, 0.15) is 22.4 Å². The van der Waals surface area contributed by atoms with E-state index < -0.39 is 0 Å². The topological polar surface area (TPSA) is 38.9 Å². The van der Waals surface area contributed by atoms with Crippen molar-refractivity contribution in [2.75, 3.05) is 5.73 Å². The Hall–Kier alpha value is -0.810. The van der Waals surface area contributed by atoms with Crippen molar-refractivity contribution >= 4 is 39.9 Å². The maximum absolute atomic E-state index is 6.09. The second-order valence-corrected chi connectivity index (χ2v) is 6.23. The molecule has 0 spiro atoms. The maximum Gasteiger partial charge on any atom is 0.0638 e. The van der Waals surface area contributed by atoms with Gasteiger partial charge in [-0.2, -0.15) is 0 Å². The first-order valence-electron chi connectivity index (χ1n) is 5.83. The third kappa shape index (κ3) is 2.21. The Kier molecular flexibility index (Phi) is 3.20. The minimum atomic E-state index is 0.655. The van der Waals surface area contributed by atoms with Gasteiger partial charge < -0.3 is 5.73 Å². The minimum absolute atomic E-state index is 0.655. The molecule has 0 saturated heterocycles. The van der Waals surface area contributed by atoms with Gasteiger partial charge >= 0.3 is 0 Å². The average molecular weight is 371 g/mol. The van der Waals surface area contributed by atoms with Crippen LogP contribution >= 0.6 is 34.2 Å². The number of nitrogens with two attached hydrogens (primary N) is 1. The van der Waals surface area contributed by atoms with Crippen LogP contribution in [0.3, 0.4) is 0 Å². The lowest BCUT2D eigenvalue weighted by Gasteiger charge is -2.08. The summed E-state index contributed by atoms with van der Waals surface area (Å²) in [6, 6.07) is 6.22. The highest BCUT2D eigenvalue weighted by Crippen LogP contribution is 2.29. The molecule has 1 heterocycles. The highest BCUT2D eigenvalue weighted by molar-refractivity contribution is 14.1. The number of fused-ring (bicyclic) bond motifs is 2. The fraction of sp³-hybridized carbons (Fsp3) is 0.214. The third-order valence-electron chi connectivity index (χ3n) is 3.37. The van der Waals surface area contributed by atoms with Crippen molar-refractivity contribution in [3.63, 3.8) is 0 Å². The summed E-state index contributed by atoms with van der Waals surface area (Å²) in [5.41, 5.74) is 11.6. The lowest BCUT2D eigenvalue weighted by molar-refractivity contribution is 0.949. The summed E-state index contributed by atoms with van der Waals surface area (Å²) in [5.74, 6) is 0. The van der Waals surface area contributed by atoms with E-state index in [0.717, 1.165) is 25.0 Å². The van der Waals surface area contributed by atoms with Crippen LogP contribution in [0.5, 0.6) is 0 Å². The van der Waals surface area contributed by atoms with Crippen LogP contribution < -0.4 is 5.73 Å². The summed E-state index contributed by atoms with van der Waals surface area (Å²) in [7, 11) is 0. The first-order chi connectivity index (χ1) is 8.63. The quantitative estimate of drug-likeness (QED) is 0.568. The monoisotopic (exact) mass is 370 g/mol. The molecular formula is C14H12ClIN2. The number of nitrogen functional groups attached to an aromatic ring is 1. The molecule has 18 heavy (non-hydrogen) atoms. The molecule has 1 aromatic carbocycles. The highest BCUT2D eigenvalue weighted by Gasteiger charge is 2.16. The van der Waals surface area contributed by atoms with Crippen molar-refractivity contribution in [3.8, 4) is 0 Å². The molecule has 1 aliphatic rings. The molecule has 0 amide bonds.